The van der Waals surface area contributed by atoms with Gasteiger partial charge in [-0.1, -0.05) is 6.07 Å². The number of carbonyl (C=O) groups is 2. The number of hydrogen-bond donors (Lipinski definition) is 3. The van der Waals surface area contributed by atoms with Gasteiger partial charge in [-0.05, 0) is 12.1 Å². The summed E-state index contributed by atoms with van der Waals surface area (Å²) in [6.45, 7) is 0. The largest absolute Gasteiger partial charge is 0.481 e. The quantitative estimate of drug-likeness (QED) is 0.638. The number of nitrogens with zero attached hydrogens (tertiary/aromatic N) is 1. The third-order valence-corrected chi connectivity index (χ3v) is 1.65. The molecule has 0 radical (unpaired) electrons. The lowest BCUT2D eigenvalue weighted by atomic mass is 10.2. The minimum Gasteiger partial charge on any atom is -0.481 e. The van der Waals surface area contributed by atoms with E-state index in [0.29, 0.717) is 5.82 Å². The van der Waals surface area contributed by atoms with Gasteiger partial charge in [0.2, 0.25) is 5.91 Å². The molecule has 1 unspecified atom stereocenters. The van der Waals surface area contributed by atoms with Crippen molar-refractivity contribution in [3.63, 3.8) is 0 Å². The molecule has 1 aromatic heterocycles. The molecule has 6 heteroatoms. The topological polar surface area (TPSA) is 105 Å². The number of amides is 1. The molecule has 15 heavy (non-hydrogen) atoms. The highest BCUT2D eigenvalue weighted by molar-refractivity contribution is 5.95. The van der Waals surface area contributed by atoms with Crippen molar-refractivity contribution in [3.8, 4) is 0 Å². The second kappa shape index (κ2) is 5.06. The molecule has 1 atom stereocenters. The fourth-order valence-electron chi connectivity index (χ4n) is 0.936. The summed E-state index contributed by atoms with van der Waals surface area (Å²) >= 11 is 0. The molecule has 0 fully saturated rings. The lowest BCUT2D eigenvalue weighted by Crippen LogP contribution is -2.37. The standard InChI is InChI=1S/C9H11N3O3/c10-6(5-8(13)14)9(15)12-7-3-1-2-4-11-7/h1-4,6H,5,10H2,(H,13,14)(H,11,12,15). The van der Waals surface area contributed by atoms with Gasteiger partial charge < -0.3 is 16.2 Å². The van der Waals surface area contributed by atoms with Gasteiger partial charge in [0.1, 0.15) is 5.82 Å². The van der Waals surface area contributed by atoms with Crippen LogP contribution in [0.1, 0.15) is 6.42 Å². The predicted molar refractivity (Wildman–Crippen MR) is 53.1 cm³/mol. The van der Waals surface area contributed by atoms with E-state index in [1.54, 1.807) is 18.2 Å². The minimum absolute atomic E-state index is 0.350. The summed E-state index contributed by atoms with van der Waals surface area (Å²) in [4.78, 5) is 25.4. The third kappa shape index (κ3) is 3.74. The van der Waals surface area contributed by atoms with E-state index < -0.39 is 24.3 Å². The molecule has 0 aliphatic rings. The van der Waals surface area contributed by atoms with E-state index in [2.05, 4.69) is 10.3 Å². The second-order valence-corrected chi connectivity index (χ2v) is 2.91. The van der Waals surface area contributed by atoms with Crippen LogP contribution in [-0.4, -0.2) is 28.0 Å². The van der Waals surface area contributed by atoms with E-state index >= 15 is 0 Å². The SMILES string of the molecule is NC(CC(=O)O)C(=O)Nc1ccccn1. The molecule has 0 aromatic carbocycles. The summed E-state index contributed by atoms with van der Waals surface area (Å²) in [6.07, 6.45) is 1.11. The number of nitrogens with two attached hydrogens (primary N) is 1. The van der Waals surface area contributed by atoms with Gasteiger partial charge in [0.15, 0.2) is 0 Å². The van der Waals surface area contributed by atoms with E-state index in [-0.39, 0.29) is 0 Å². The third-order valence-electron chi connectivity index (χ3n) is 1.65. The van der Waals surface area contributed by atoms with Crippen molar-refractivity contribution in [1.82, 2.24) is 4.98 Å². The molecule has 1 amide bonds. The minimum atomic E-state index is -1.11. The molecule has 6 nitrogen and oxygen atoms in total. The molecule has 0 bridgehead atoms. The number of nitrogens with one attached hydrogen (secondary N) is 1. The molecule has 1 rings (SSSR count). The Morgan fingerprint density at radius 3 is 2.80 bits per heavy atom. The van der Waals surface area contributed by atoms with Gasteiger partial charge in [-0.2, -0.15) is 0 Å². The first kappa shape index (κ1) is 11.1. The van der Waals surface area contributed by atoms with Crippen LogP contribution in [-0.2, 0) is 9.59 Å². The first-order valence-corrected chi connectivity index (χ1v) is 4.29. The summed E-state index contributed by atoms with van der Waals surface area (Å²) in [6, 6.07) is 3.92. The monoisotopic (exact) mass is 209 g/mol. The molecule has 0 aliphatic carbocycles. The molecular weight excluding hydrogens is 198 g/mol. The predicted octanol–water partition coefficient (Wildman–Crippen LogP) is -0.178. The van der Waals surface area contributed by atoms with Gasteiger partial charge in [-0.15, -0.1) is 0 Å². The molecular formula is C9H11N3O3. The zero-order chi connectivity index (χ0) is 11.3. The first-order chi connectivity index (χ1) is 7.09. The van der Waals surface area contributed by atoms with Gasteiger partial charge in [0.25, 0.3) is 0 Å². The molecule has 1 aromatic rings. The lowest BCUT2D eigenvalue weighted by molar-refractivity contribution is -0.138. The van der Waals surface area contributed by atoms with Crippen molar-refractivity contribution in [2.75, 3.05) is 5.32 Å². The fraction of sp³-hybridized carbons (Fsp3) is 0.222. The number of carboxylic acids is 1. The Hall–Kier alpha value is -1.95. The molecule has 0 saturated heterocycles. The van der Waals surface area contributed by atoms with Crippen LogP contribution in [0.4, 0.5) is 5.82 Å². The van der Waals surface area contributed by atoms with Crippen LogP contribution in [0.25, 0.3) is 0 Å². The van der Waals surface area contributed by atoms with Crippen LogP contribution in [0.5, 0.6) is 0 Å². The van der Waals surface area contributed by atoms with E-state index in [1.165, 1.54) is 6.20 Å². The van der Waals surface area contributed by atoms with Crippen molar-refractivity contribution in [2.45, 2.75) is 12.5 Å². The summed E-state index contributed by atoms with van der Waals surface area (Å²) in [7, 11) is 0. The maximum atomic E-state index is 11.3. The summed E-state index contributed by atoms with van der Waals surface area (Å²) in [5.74, 6) is -1.32. The Kier molecular flexibility index (Phi) is 3.75. The van der Waals surface area contributed by atoms with Crippen molar-refractivity contribution in [3.05, 3.63) is 24.4 Å². The van der Waals surface area contributed by atoms with E-state index in [1.807, 2.05) is 0 Å². The van der Waals surface area contributed by atoms with Crippen molar-refractivity contribution in [1.29, 1.82) is 0 Å². The first-order valence-electron chi connectivity index (χ1n) is 4.29. The van der Waals surface area contributed by atoms with Gasteiger partial charge in [0.05, 0.1) is 12.5 Å². The van der Waals surface area contributed by atoms with Gasteiger partial charge in [0, 0.05) is 6.20 Å². The lowest BCUT2D eigenvalue weighted by Gasteiger charge is -2.08. The van der Waals surface area contributed by atoms with Crippen LogP contribution in [0, 0.1) is 0 Å². The zero-order valence-corrected chi connectivity index (χ0v) is 7.88. The smallest absolute Gasteiger partial charge is 0.305 e. The summed E-state index contributed by atoms with van der Waals surface area (Å²) in [5.41, 5.74) is 5.35. The number of pyridine rings is 1. The number of hydrogen-bond acceptors (Lipinski definition) is 4. The van der Waals surface area contributed by atoms with Crippen LogP contribution >= 0.6 is 0 Å². The van der Waals surface area contributed by atoms with Gasteiger partial charge in [-0.25, -0.2) is 4.98 Å². The number of carboxylic acid groups (broad SMARTS) is 1. The number of aliphatic carboxylic acids is 1. The molecule has 0 aliphatic heterocycles. The second-order valence-electron chi connectivity index (χ2n) is 2.91. The normalized spacial score (nSPS) is 11.8. The zero-order valence-electron chi connectivity index (χ0n) is 7.88. The summed E-state index contributed by atoms with van der Waals surface area (Å²) in [5, 5.41) is 10.8. The maximum Gasteiger partial charge on any atom is 0.305 e. The Balaban J connectivity index is 2.52. The van der Waals surface area contributed by atoms with Gasteiger partial charge >= 0.3 is 5.97 Å². The van der Waals surface area contributed by atoms with E-state index in [9.17, 15) is 9.59 Å². The van der Waals surface area contributed by atoms with Crippen LogP contribution < -0.4 is 11.1 Å². The van der Waals surface area contributed by atoms with Gasteiger partial charge in [-0.3, -0.25) is 9.59 Å². The van der Waals surface area contributed by atoms with E-state index in [0.717, 1.165) is 0 Å². The number of rotatable bonds is 4. The molecule has 0 spiro atoms. The Labute approximate surface area is 86.1 Å². The average molecular weight is 209 g/mol. The number of anilines is 1. The highest BCUT2D eigenvalue weighted by Crippen LogP contribution is 2.01. The summed E-state index contributed by atoms with van der Waals surface area (Å²) < 4.78 is 0. The Morgan fingerprint density at radius 2 is 2.27 bits per heavy atom. The Morgan fingerprint density at radius 1 is 1.53 bits per heavy atom. The van der Waals surface area contributed by atoms with Crippen LogP contribution in [0.15, 0.2) is 24.4 Å². The molecule has 1 heterocycles. The van der Waals surface area contributed by atoms with Crippen molar-refractivity contribution >= 4 is 17.7 Å². The maximum absolute atomic E-state index is 11.3. The van der Waals surface area contributed by atoms with Crippen molar-refractivity contribution < 1.29 is 14.7 Å². The molecule has 80 valence electrons. The average Bonchev–Trinajstić information content (AvgIpc) is 2.18. The molecule has 0 saturated carbocycles. The fourth-order valence-corrected chi connectivity index (χ4v) is 0.936. The number of carbonyl (C=O) groups excluding carboxylic acids is 1. The van der Waals surface area contributed by atoms with Crippen LogP contribution in [0.3, 0.4) is 0 Å². The molecule has 4 N–H and O–H groups in total. The Bertz CT molecular complexity index is 353. The highest BCUT2D eigenvalue weighted by Gasteiger charge is 2.16. The number of aromatic nitrogens is 1. The van der Waals surface area contributed by atoms with Crippen LogP contribution in [0.2, 0.25) is 0 Å². The highest BCUT2D eigenvalue weighted by atomic mass is 16.4. The van der Waals surface area contributed by atoms with Crippen molar-refractivity contribution in [2.24, 2.45) is 5.73 Å². The van der Waals surface area contributed by atoms with E-state index in [4.69, 9.17) is 10.8 Å².